The van der Waals surface area contributed by atoms with Crippen LogP contribution in [0.15, 0.2) is 18.2 Å². The molecule has 30 heavy (non-hydrogen) atoms. The molecule has 6 nitrogen and oxygen atoms in total. The summed E-state index contributed by atoms with van der Waals surface area (Å²) in [5.41, 5.74) is 1.71. The van der Waals surface area contributed by atoms with Gasteiger partial charge in [0, 0.05) is 32.7 Å². The molecule has 0 radical (unpaired) electrons. The number of benzene rings is 1. The predicted octanol–water partition coefficient (Wildman–Crippen LogP) is 4.76. The number of anilines is 1. The summed E-state index contributed by atoms with van der Waals surface area (Å²) in [5.74, 6) is 0.487. The Kier molecular flexibility index (Phi) is 5.95. The first kappa shape index (κ1) is 21.4. The van der Waals surface area contributed by atoms with Crippen molar-refractivity contribution in [2.75, 3.05) is 44.7 Å². The average Bonchev–Trinajstić information content (AvgIpc) is 3.10. The van der Waals surface area contributed by atoms with E-state index in [9.17, 15) is 4.79 Å². The minimum absolute atomic E-state index is 0.0502. The number of likely N-dealkylation sites (tertiary alicyclic amines) is 1. The van der Waals surface area contributed by atoms with Gasteiger partial charge in [-0.25, -0.2) is 9.78 Å². The second kappa shape index (κ2) is 8.35. The van der Waals surface area contributed by atoms with Crippen molar-refractivity contribution in [2.24, 2.45) is 5.92 Å². The van der Waals surface area contributed by atoms with Crippen molar-refractivity contribution in [1.29, 1.82) is 0 Å². The van der Waals surface area contributed by atoms with Crippen LogP contribution >= 0.6 is 11.3 Å². The zero-order valence-electron chi connectivity index (χ0n) is 18.9. The molecule has 1 aromatic carbocycles. The van der Waals surface area contributed by atoms with Gasteiger partial charge in [0.1, 0.15) is 5.60 Å². The number of rotatable bonds is 2. The van der Waals surface area contributed by atoms with Gasteiger partial charge in [0.05, 0.1) is 16.3 Å². The fraction of sp³-hybridized carbons (Fsp3) is 0.652. The van der Waals surface area contributed by atoms with E-state index in [1.165, 1.54) is 4.70 Å². The van der Waals surface area contributed by atoms with E-state index >= 15 is 0 Å². The van der Waals surface area contributed by atoms with Crippen LogP contribution in [0.2, 0.25) is 0 Å². The number of nitrogens with zero attached hydrogens (tertiary/aromatic N) is 4. The van der Waals surface area contributed by atoms with Crippen LogP contribution < -0.4 is 4.90 Å². The molecule has 2 aromatic rings. The molecule has 1 amide bonds. The number of piperazine rings is 1. The molecule has 0 N–H and O–H groups in total. The third-order valence-electron chi connectivity index (χ3n) is 6.00. The van der Waals surface area contributed by atoms with Crippen LogP contribution in [0.5, 0.6) is 0 Å². The Bertz CT molecular complexity index is 898. The number of hydrogen-bond acceptors (Lipinski definition) is 6. The van der Waals surface area contributed by atoms with Crippen LogP contribution in [0.25, 0.3) is 10.2 Å². The number of fused-ring (bicyclic) bond motifs is 1. The van der Waals surface area contributed by atoms with Gasteiger partial charge in [0.25, 0.3) is 0 Å². The molecule has 7 heteroatoms. The Morgan fingerprint density at radius 3 is 2.60 bits per heavy atom. The zero-order valence-corrected chi connectivity index (χ0v) is 19.7. The minimum Gasteiger partial charge on any atom is -0.444 e. The summed E-state index contributed by atoms with van der Waals surface area (Å²) in [6, 6.07) is 6.58. The molecule has 0 aliphatic carbocycles. The van der Waals surface area contributed by atoms with Gasteiger partial charge in [-0.3, -0.25) is 0 Å². The van der Waals surface area contributed by atoms with Gasteiger partial charge in [0.2, 0.25) is 0 Å². The Hall–Kier alpha value is -1.86. The number of thiazole rings is 1. The van der Waals surface area contributed by atoms with Crippen molar-refractivity contribution in [3.8, 4) is 0 Å². The second-order valence-corrected chi connectivity index (χ2v) is 10.9. The number of ether oxygens (including phenoxy) is 1. The largest absolute Gasteiger partial charge is 0.444 e. The normalized spacial score (nSPS) is 23.8. The molecule has 2 aliphatic rings. The molecule has 2 saturated heterocycles. The molecular formula is C23H34N4O2S. The van der Waals surface area contributed by atoms with E-state index in [2.05, 4.69) is 42.0 Å². The molecule has 164 valence electrons. The topological polar surface area (TPSA) is 48.9 Å². The Balaban J connectivity index is 1.58. The van der Waals surface area contributed by atoms with Crippen LogP contribution in [0.1, 0.15) is 52.1 Å². The maximum atomic E-state index is 12.9. The highest BCUT2D eigenvalue weighted by molar-refractivity contribution is 7.22. The first-order valence-corrected chi connectivity index (χ1v) is 11.8. The lowest BCUT2D eigenvalue weighted by Gasteiger charge is -2.39. The molecule has 0 bridgehead atoms. The Morgan fingerprint density at radius 1 is 1.17 bits per heavy atom. The van der Waals surface area contributed by atoms with Crippen LogP contribution in [-0.2, 0) is 4.74 Å². The SMILES string of the molecule is CC1CC[C@@H](c2ccc3sc(N4CCN(C)CC4)nc3c2)N(C(=O)OC(C)(C)C)C1. The summed E-state index contributed by atoms with van der Waals surface area (Å²) in [6.07, 6.45) is 1.86. The molecule has 2 atom stereocenters. The van der Waals surface area contributed by atoms with Gasteiger partial charge >= 0.3 is 6.09 Å². The summed E-state index contributed by atoms with van der Waals surface area (Å²) in [4.78, 5) is 24.5. The van der Waals surface area contributed by atoms with E-state index in [1.54, 1.807) is 11.3 Å². The highest BCUT2D eigenvalue weighted by atomic mass is 32.1. The lowest BCUT2D eigenvalue weighted by molar-refractivity contribution is 0.00365. The van der Waals surface area contributed by atoms with Crippen molar-refractivity contribution in [1.82, 2.24) is 14.8 Å². The summed E-state index contributed by atoms with van der Waals surface area (Å²) in [5, 5.41) is 1.11. The number of carbonyl (C=O) groups excluding carboxylic acids is 1. The predicted molar refractivity (Wildman–Crippen MR) is 123 cm³/mol. The molecule has 2 aliphatic heterocycles. The van der Waals surface area contributed by atoms with Gasteiger partial charge < -0.3 is 19.4 Å². The number of aromatic nitrogens is 1. The third-order valence-corrected chi connectivity index (χ3v) is 7.10. The Morgan fingerprint density at radius 2 is 1.90 bits per heavy atom. The van der Waals surface area contributed by atoms with E-state index in [1.807, 2.05) is 25.7 Å². The van der Waals surface area contributed by atoms with E-state index in [4.69, 9.17) is 9.72 Å². The average molecular weight is 431 g/mol. The van der Waals surface area contributed by atoms with Crippen LogP contribution in [0.3, 0.4) is 0 Å². The van der Waals surface area contributed by atoms with Crippen LogP contribution in [0.4, 0.5) is 9.93 Å². The zero-order chi connectivity index (χ0) is 21.5. The summed E-state index contributed by atoms with van der Waals surface area (Å²) >= 11 is 1.77. The highest BCUT2D eigenvalue weighted by Crippen LogP contribution is 2.37. The van der Waals surface area contributed by atoms with E-state index in [0.717, 1.165) is 61.8 Å². The number of piperidine rings is 1. The molecule has 0 spiro atoms. The lowest BCUT2D eigenvalue weighted by atomic mass is 9.90. The standard InChI is InChI=1S/C23H34N4O2S/c1-16-6-8-19(27(15-16)22(28)29-23(2,3)4)17-7-9-20-18(14-17)24-21(30-20)26-12-10-25(5)11-13-26/h7,9,14,16,19H,6,8,10-13,15H2,1-5H3/t16?,19-/m0/s1. The van der Waals surface area contributed by atoms with Gasteiger partial charge in [-0.1, -0.05) is 24.3 Å². The molecule has 1 aromatic heterocycles. The number of amides is 1. The fourth-order valence-corrected chi connectivity index (χ4v) is 5.29. The van der Waals surface area contributed by atoms with E-state index < -0.39 is 5.60 Å². The van der Waals surface area contributed by atoms with Gasteiger partial charge in [0.15, 0.2) is 5.13 Å². The van der Waals surface area contributed by atoms with Crippen molar-refractivity contribution in [3.05, 3.63) is 23.8 Å². The summed E-state index contributed by atoms with van der Waals surface area (Å²) < 4.78 is 6.93. The molecule has 3 heterocycles. The summed E-state index contributed by atoms with van der Waals surface area (Å²) in [6.45, 7) is 12.9. The van der Waals surface area contributed by atoms with Crippen molar-refractivity contribution >= 4 is 32.8 Å². The van der Waals surface area contributed by atoms with Gasteiger partial charge in [-0.05, 0) is 64.3 Å². The van der Waals surface area contributed by atoms with Gasteiger partial charge in [-0.15, -0.1) is 0 Å². The second-order valence-electron chi connectivity index (χ2n) is 9.84. The minimum atomic E-state index is -0.488. The number of carbonyl (C=O) groups is 1. The first-order chi connectivity index (χ1) is 14.2. The molecule has 2 fully saturated rings. The maximum absolute atomic E-state index is 12.9. The van der Waals surface area contributed by atoms with E-state index in [0.29, 0.717) is 5.92 Å². The summed E-state index contributed by atoms with van der Waals surface area (Å²) in [7, 11) is 2.17. The molecule has 1 unspecified atom stereocenters. The highest BCUT2D eigenvalue weighted by Gasteiger charge is 2.34. The molecular weight excluding hydrogens is 396 g/mol. The monoisotopic (exact) mass is 430 g/mol. The lowest BCUT2D eigenvalue weighted by Crippen LogP contribution is -2.44. The van der Waals surface area contributed by atoms with E-state index in [-0.39, 0.29) is 12.1 Å². The Labute approximate surface area is 183 Å². The molecule has 0 saturated carbocycles. The number of hydrogen-bond donors (Lipinski definition) is 0. The van der Waals surface area contributed by atoms with Gasteiger partial charge in [-0.2, -0.15) is 0 Å². The fourth-order valence-electron chi connectivity index (χ4n) is 4.29. The third kappa shape index (κ3) is 4.72. The maximum Gasteiger partial charge on any atom is 0.410 e. The van der Waals surface area contributed by atoms with Crippen LogP contribution in [-0.4, -0.2) is 66.2 Å². The van der Waals surface area contributed by atoms with Crippen molar-refractivity contribution < 1.29 is 9.53 Å². The molecule has 4 rings (SSSR count). The first-order valence-electron chi connectivity index (χ1n) is 11.0. The smallest absolute Gasteiger partial charge is 0.410 e. The van der Waals surface area contributed by atoms with Crippen molar-refractivity contribution in [2.45, 2.75) is 52.2 Å². The number of likely N-dealkylation sites (N-methyl/N-ethyl adjacent to an activating group) is 1. The van der Waals surface area contributed by atoms with Crippen molar-refractivity contribution in [3.63, 3.8) is 0 Å². The quantitative estimate of drug-likeness (QED) is 0.688. The van der Waals surface area contributed by atoms with Crippen LogP contribution in [0, 0.1) is 5.92 Å².